The largest absolute Gasteiger partial charge is 0.489 e. The Balaban J connectivity index is 1.56. The van der Waals surface area contributed by atoms with Crippen molar-refractivity contribution in [3.63, 3.8) is 0 Å². The molecular formula is C21H22ClN5O2. The van der Waals surface area contributed by atoms with Crippen LogP contribution in [0.25, 0.3) is 11.4 Å². The monoisotopic (exact) mass is 411 g/mol. The highest BCUT2D eigenvalue weighted by molar-refractivity contribution is 6.30. The van der Waals surface area contributed by atoms with Crippen LogP contribution < -0.4 is 15.4 Å². The molecule has 0 aliphatic carbocycles. The van der Waals surface area contributed by atoms with Crippen molar-refractivity contribution in [1.82, 2.24) is 20.8 Å². The van der Waals surface area contributed by atoms with E-state index < -0.39 is 0 Å². The smallest absolute Gasteiger partial charge is 0.246 e. The van der Waals surface area contributed by atoms with E-state index in [1.807, 2.05) is 36.4 Å². The molecule has 0 radical (unpaired) electrons. The molecule has 0 bridgehead atoms. The lowest BCUT2D eigenvalue weighted by molar-refractivity contribution is 0.358. The van der Waals surface area contributed by atoms with Crippen molar-refractivity contribution >= 4 is 17.6 Å². The summed E-state index contributed by atoms with van der Waals surface area (Å²) in [5, 5.41) is 11.0. The second-order valence-corrected chi connectivity index (χ2v) is 6.45. The molecule has 29 heavy (non-hydrogen) atoms. The van der Waals surface area contributed by atoms with Gasteiger partial charge in [-0.25, -0.2) is 0 Å². The fraction of sp³-hybridized carbons (Fsp3) is 0.190. The summed E-state index contributed by atoms with van der Waals surface area (Å²) in [5.74, 6) is 2.34. The van der Waals surface area contributed by atoms with E-state index in [2.05, 4.69) is 32.3 Å². The number of hydrogen-bond acceptors (Lipinski definition) is 5. The zero-order valence-electron chi connectivity index (χ0n) is 16.1. The summed E-state index contributed by atoms with van der Waals surface area (Å²) >= 11 is 6.01. The van der Waals surface area contributed by atoms with Gasteiger partial charge in [-0.2, -0.15) is 4.98 Å². The molecule has 2 aromatic carbocycles. The van der Waals surface area contributed by atoms with Gasteiger partial charge in [0.15, 0.2) is 5.96 Å². The lowest BCUT2D eigenvalue weighted by atomic mass is 10.2. The van der Waals surface area contributed by atoms with E-state index in [4.69, 9.17) is 20.9 Å². The molecule has 1 heterocycles. The standard InChI is InChI=1S/C21H22ClN5O2/c1-3-11-28-18-10-5-4-7-16(18)13-24-21(23-2)25-14-19-26-20(27-29-19)15-8-6-9-17(22)12-15/h3-10,12H,1,11,13-14H2,2H3,(H2,23,24,25). The Hall–Kier alpha value is -3.32. The maximum atomic E-state index is 6.01. The molecule has 0 fully saturated rings. The van der Waals surface area contributed by atoms with Gasteiger partial charge in [-0.05, 0) is 18.2 Å². The molecule has 0 aliphatic heterocycles. The molecule has 1 aromatic heterocycles. The summed E-state index contributed by atoms with van der Waals surface area (Å²) in [7, 11) is 1.70. The molecule has 7 nitrogen and oxygen atoms in total. The first-order chi connectivity index (χ1) is 14.2. The average Bonchev–Trinajstić information content (AvgIpc) is 3.22. The number of aliphatic imine (C=N–C) groups is 1. The molecule has 150 valence electrons. The predicted molar refractivity (Wildman–Crippen MR) is 114 cm³/mol. The van der Waals surface area contributed by atoms with E-state index in [0.717, 1.165) is 16.9 Å². The molecule has 0 spiro atoms. The van der Waals surface area contributed by atoms with Gasteiger partial charge in [0.25, 0.3) is 0 Å². The molecule has 0 aliphatic rings. The second kappa shape index (κ2) is 10.3. The van der Waals surface area contributed by atoms with E-state index in [1.54, 1.807) is 25.3 Å². The Kier molecular flexibility index (Phi) is 7.24. The van der Waals surface area contributed by atoms with E-state index in [-0.39, 0.29) is 0 Å². The zero-order valence-corrected chi connectivity index (χ0v) is 16.8. The first kappa shape index (κ1) is 20.4. The third-order valence-corrected chi connectivity index (χ3v) is 4.19. The van der Waals surface area contributed by atoms with Crippen molar-refractivity contribution in [2.75, 3.05) is 13.7 Å². The summed E-state index contributed by atoms with van der Waals surface area (Å²) in [5.41, 5.74) is 1.81. The van der Waals surface area contributed by atoms with E-state index >= 15 is 0 Å². The van der Waals surface area contributed by atoms with E-state index in [0.29, 0.717) is 42.4 Å². The van der Waals surface area contributed by atoms with Crippen molar-refractivity contribution in [2.24, 2.45) is 4.99 Å². The highest BCUT2D eigenvalue weighted by Crippen LogP contribution is 2.20. The molecule has 0 atom stereocenters. The number of nitrogens with one attached hydrogen (secondary N) is 2. The lowest BCUT2D eigenvalue weighted by Crippen LogP contribution is -2.36. The quantitative estimate of drug-likeness (QED) is 0.333. The van der Waals surface area contributed by atoms with E-state index in [1.165, 1.54) is 0 Å². The molecule has 0 unspecified atom stereocenters. The SMILES string of the molecule is C=CCOc1ccccc1CNC(=NC)NCc1nc(-c2cccc(Cl)c2)no1. The van der Waals surface area contributed by atoms with Crippen LogP contribution in [0, 0.1) is 0 Å². The Morgan fingerprint density at radius 3 is 2.83 bits per heavy atom. The third-order valence-electron chi connectivity index (χ3n) is 3.96. The number of rotatable bonds is 8. The van der Waals surface area contributed by atoms with Crippen LogP contribution in [0.3, 0.4) is 0 Å². The van der Waals surface area contributed by atoms with Crippen LogP contribution in [0.4, 0.5) is 0 Å². The highest BCUT2D eigenvalue weighted by Gasteiger charge is 2.10. The fourth-order valence-corrected chi connectivity index (χ4v) is 2.76. The van der Waals surface area contributed by atoms with Gasteiger partial charge in [0, 0.05) is 29.7 Å². The Morgan fingerprint density at radius 2 is 2.03 bits per heavy atom. The Labute approximate surface area is 174 Å². The maximum absolute atomic E-state index is 6.01. The van der Waals surface area contributed by atoms with Crippen LogP contribution >= 0.6 is 11.6 Å². The molecule has 2 N–H and O–H groups in total. The number of guanidine groups is 1. The van der Waals surface area contributed by atoms with Crippen LogP contribution in [0.5, 0.6) is 5.75 Å². The number of nitrogens with zero attached hydrogens (tertiary/aromatic N) is 3. The second-order valence-electron chi connectivity index (χ2n) is 6.01. The fourth-order valence-electron chi connectivity index (χ4n) is 2.57. The lowest BCUT2D eigenvalue weighted by Gasteiger charge is -2.13. The van der Waals surface area contributed by atoms with Crippen molar-refractivity contribution in [1.29, 1.82) is 0 Å². The predicted octanol–water partition coefficient (Wildman–Crippen LogP) is 3.82. The topological polar surface area (TPSA) is 84.6 Å². The number of para-hydroxylation sites is 1. The highest BCUT2D eigenvalue weighted by atomic mass is 35.5. The summed E-state index contributed by atoms with van der Waals surface area (Å²) in [6, 6.07) is 15.1. The van der Waals surface area contributed by atoms with Gasteiger partial charge in [-0.15, -0.1) is 0 Å². The maximum Gasteiger partial charge on any atom is 0.246 e. The first-order valence-electron chi connectivity index (χ1n) is 9.04. The molecule has 3 aromatic rings. The van der Waals surface area contributed by atoms with E-state index in [9.17, 15) is 0 Å². The molecule has 0 saturated carbocycles. The molecular weight excluding hydrogens is 390 g/mol. The molecule has 3 rings (SSSR count). The summed E-state index contributed by atoms with van der Waals surface area (Å²) in [6.45, 7) is 5.01. The van der Waals surface area contributed by atoms with Crippen molar-refractivity contribution in [2.45, 2.75) is 13.1 Å². The van der Waals surface area contributed by atoms with Crippen LogP contribution in [-0.2, 0) is 13.1 Å². The molecule has 0 amide bonds. The minimum absolute atomic E-state index is 0.335. The number of aromatic nitrogens is 2. The third kappa shape index (κ3) is 5.83. The number of hydrogen-bond donors (Lipinski definition) is 2. The van der Waals surface area contributed by atoms with Crippen LogP contribution in [-0.4, -0.2) is 29.8 Å². The van der Waals surface area contributed by atoms with Gasteiger partial charge in [0.1, 0.15) is 12.4 Å². The van der Waals surface area contributed by atoms with Gasteiger partial charge in [0.05, 0.1) is 6.54 Å². The summed E-state index contributed by atoms with van der Waals surface area (Å²) in [4.78, 5) is 8.60. The minimum atomic E-state index is 0.335. The van der Waals surface area contributed by atoms with Crippen molar-refractivity contribution in [3.05, 3.63) is 77.7 Å². The molecule has 0 saturated heterocycles. The average molecular weight is 412 g/mol. The molecule has 8 heteroatoms. The van der Waals surface area contributed by atoms with Gasteiger partial charge in [0.2, 0.25) is 11.7 Å². The first-order valence-corrected chi connectivity index (χ1v) is 9.42. The van der Waals surface area contributed by atoms with Gasteiger partial charge in [-0.1, -0.05) is 59.7 Å². The number of halogens is 1. The summed E-state index contributed by atoms with van der Waals surface area (Å²) < 4.78 is 11.0. The Morgan fingerprint density at radius 1 is 1.21 bits per heavy atom. The Bertz CT molecular complexity index is 986. The van der Waals surface area contributed by atoms with Gasteiger partial charge < -0.3 is 19.9 Å². The zero-order chi connectivity index (χ0) is 20.5. The number of benzene rings is 2. The van der Waals surface area contributed by atoms with Crippen LogP contribution in [0.2, 0.25) is 5.02 Å². The minimum Gasteiger partial charge on any atom is -0.489 e. The van der Waals surface area contributed by atoms with Gasteiger partial charge in [-0.3, -0.25) is 4.99 Å². The van der Waals surface area contributed by atoms with Crippen LogP contribution in [0.1, 0.15) is 11.5 Å². The van der Waals surface area contributed by atoms with Gasteiger partial charge >= 0.3 is 0 Å². The van der Waals surface area contributed by atoms with Crippen molar-refractivity contribution in [3.8, 4) is 17.1 Å². The summed E-state index contributed by atoms with van der Waals surface area (Å²) in [6.07, 6.45) is 1.72. The van der Waals surface area contributed by atoms with Crippen molar-refractivity contribution < 1.29 is 9.26 Å². The normalized spacial score (nSPS) is 11.2. The van der Waals surface area contributed by atoms with Crippen LogP contribution in [0.15, 0.2) is 70.7 Å². The number of ether oxygens (including phenoxy) is 1.